The number of para-hydroxylation sites is 1. The van der Waals surface area contributed by atoms with Crippen LogP contribution in [0.15, 0.2) is 36.9 Å². The van der Waals surface area contributed by atoms with Crippen LogP contribution in [0.25, 0.3) is 0 Å². The Morgan fingerprint density at radius 3 is 2.87 bits per heavy atom. The largest absolute Gasteiger partial charge is 0.491 e. The number of aliphatic hydroxyl groups is 1. The zero-order chi connectivity index (χ0) is 11.1. The van der Waals surface area contributed by atoms with E-state index in [-0.39, 0.29) is 13.2 Å². The first-order valence-corrected chi connectivity index (χ1v) is 4.97. The van der Waals surface area contributed by atoms with Gasteiger partial charge in [-0.1, -0.05) is 24.3 Å². The van der Waals surface area contributed by atoms with Crippen LogP contribution in [0.3, 0.4) is 0 Å². The van der Waals surface area contributed by atoms with Crippen LogP contribution in [0.2, 0.25) is 0 Å². The van der Waals surface area contributed by atoms with E-state index in [2.05, 4.69) is 6.58 Å². The Labute approximate surface area is 90.2 Å². The molecule has 0 radical (unpaired) electrons. The molecule has 0 fully saturated rings. The van der Waals surface area contributed by atoms with Gasteiger partial charge in [-0.15, -0.1) is 6.58 Å². The molecule has 3 nitrogen and oxygen atoms in total. The Kier molecular flexibility index (Phi) is 4.87. The zero-order valence-electron chi connectivity index (χ0n) is 8.73. The number of nitrogens with two attached hydrogens (primary N) is 1. The Morgan fingerprint density at radius 2 is 2.20 bits per heavy atom. The molecular weight excluding hydrogens is 190 g/mol. The maximum absolute atomic E-state index is 9.27. The second-order valence-corrected chi connectivity index (χ2v) is 3.30. The van der Waals surface area contributed by atoms with Crippen molar-refractivity contribution in [3.05, 3.63) is 42.5 Å². The first-order valence-electron chi connectivity index (χ1n) is 4.97. The maximum Gasteiger partial charge on any atom is 0.122 e. The van der Waals surface area contributed by atoms with Gasteiger partial charge in [-0.3, -0.25) is 0 Å². The number of aliphatic hydroxyl groups excluding tert-OH is 1. The smallest absolute Gasteiger partial charge is 0.122 e. The third kappa shape index (κ3) is 3.73. The molecule has 0 saturated heterocycles. The molecule has 0 unspecified atom stereocenters. The Balaban J connectivity index is 2.62. The van der Waals surface area contributed by atoms with Crippen LogP contribution in [0.5, 0.6) is 5.75 Å². The lowest BCUT2D eigenvalue weighted by Gasteiger charge is -2.12. The van der Waals surface area contributed by atoms with E-state index in [4.69, 9.17) is 10.5 Å². The Bertz CT molecular complexity index is 312. The first-order chi connectivity index (χ1) is 7.27. The molecule has 1 aromatic rings. The fraction of sp³-hybridized carbons (Fsp3) is 0.333. The standard InChI is InChI=1S/C12H17NO2/c1-2-5-10-6-3-4-7-12(10)15-9-11(14)8-13/h2-4,6-7,11,14H,1,5,8-9,13H2/t11-/m0/s1. The summed E-state index contributed by atoms with van der Waals surface area (Å²) in [6.07, 6.45) is 1.97. The normalized spacial score (nSPS) is 12.1. The van der Waals surface area contributed by atoms with Crippen LogP contribution in [0.4, 0.5) is 0 Å². The van der Waals surface area contributed by atoms with E-state index in [9.17, 15) is 5.11 Å². The first kappa shape index (κ1) is 11.8. The molecule has 0 saturated carbocycles. The van der Waals surface area contributed by atoms with E-state index in [0.717, 1.165) is 17.7 Å². The molecule has 1 rings (SSSR count). The molecule has 0 heterocycles. The molecule has 15 heavy (non-hydrogen) atoms. The summed E-state index contributed by atoms with van der Waals surface area (Å²) in [5, 5.41) is 9.27. The van der Waals surface area contributed by atoms with Crippen molar-refractivity contribution in [1.82, 2.24) is 0 Å². The van der Waals surface area contributed by atoms with Crippen molar-refractivity contribution in [2.24, 2.45) is 5.73 Å². The van der Waals surface area contributed by atoms with Crippen molar-refractivity contribution < 1.29 is 9.84 Å². The number of benzene rings is 1. The summed E-state index contributed by atoms with van der Waals surface area (Å²) in [4.78, 5) is 0. The molecule has 0 bridgehead atoms. The molecule has 0 aliphatic rings. The Morgan fingerprint density at radius 1 is 1.47 bits per heavy atom. The van der Waals surface area contributed by atoms with Crippen molar-refractivity contribution in [3.8, 4) is 5.75 Å². The second kappa shape index (κ2) is 6.22. The van der Waals surface area contributed by atoms with Crippen LogP contribution >= 0.6 is 0 Å². The number of hydrogen-bond acceptors (Lipinski definition) is 3. The van der Waals surface area contributed by atoms with E-state index in [1.165, 1.54) is 0 Å². The molecule has 0 aromatic heterocycles. The lowest BCUT2D eigenvalue weighted by Crippen LogP contribution is -2.26. The zero-order valence-corrected chi connectivity index (χ0v) is 8.73. The highest BCUT2D eigenvalue weighted by atomic mass is 16.5. The number of ether oxygens (including phenoxy) is 1. The van der Waals surface area contributed by atoms with Gasteiger partial charge < -0.3 is 15.6 Å². The summed E-state index contributed by atoms with van der Waals surface area (Å²) in [7, 11) is 0. The molecule has 82 valence electrons. The molecule has 0 amide bonds. The molecule has 0 aliphatic heterocycles. The summed E-state index contributed by atoms with van der Waals surface area (Å²) in [5.41, 5.74) is 6.35. The van der Waals surface area contributed by atoms with E-state index in [0.29, 0.717) is 0 Å². The molecule has 1 atom stereocenters. The highest BCUT2D eigenvalue weighted by Gasteiger charge is 2.04. The Hall–Kier alpha value is -1.32. The van der Waals surface area contributed by atoms with Crippen molar-refractivity contribution >= 4 is 0 Å². The van der Waals surface area contributed by atoms with Crippen molar-refractivity contribution in [3.63, 3.8) is 0 Å². The van der Waals surface area contributed by atoms with Gasteiger partial charge in [0.25, 0.3) is 0 Å². The predicted octanol–water partition coefficient (Wildman–Crippen LogP) is 1.11. The summed E-state index contributed by atoms with van der Waals surface area (Å²) in [6, 6.07) is 7.70. The molecule has 1 aromatic carbocycles. The molecule has 3 N–H and O–H groups in total. The quantitative estimate of drug-likeness (QED) is 0.687. The van der Waals surface area contributed by atoms with Gasteiger partial charge in [0.05, 0.1) is 0 Å². The van der Waals surface area contributed by atoms with Crippen LogP contribution in [-0.4, -0.2) is 24.4 Å². The lowest BCUT2D eigenvalue weighted by molar-refractivity contribution is 0.113. The van der Waals surface area contributed by atoms with E-state index in [1.807, 2.05) is 30.3 Å². The third-order valence-corrected chi connectivity index (χ3v) is 2.04. The molecule has 0 aliphatic carbocycles. The van der Waals surface area contributed by atoms with Gasteiger partial charge in [0.1, 0.15) is 18.5 Å². The minimum Gasteiger partial charge on any atom is -0.491 e. The van der Waals surface area contributed by atoms with Crippen LogP contribution < -0.4 is 10.5 Å². The topological polar surface area (TPSA) is 55.5 Å². The lowest BCUT2D eigenvalue weighted by atomic mass is 10.1. The van der Waals surface area contributed by atoms with Gasteiger partial charge in [0.15, 0.2) is 0 Å². The maximum atomic E-state index is 9.27. The SMILES string of the molecule is C=CCc1ccccc1OC[C@@H](O)CN. The fourth-order valence-electron chi connectivity index (χ4n) is 1.22. The van der Waals surface area contributed by atoms with Crippen LogP contribution in [0.1, 0.15) is 5.56 Å². The van der Waals surface area contributed by atoms with Crippen LogP contribution in [0, 0.1) is 0 Å². The summed E-state index contributed by atoms with van der Waals surface area (Å²) in [6.45, 7) is 4.12. The minimum atomic E-state index is -0.609. The van der Waals surface area contributed by atoms with Crippen molar-refractivity contribution in [2.45, 2.75) is 12.5 Å². The number of rotatable bonds is 6. The average molecular weight is 207 g/mol. The summed E-state index contributed by atoms with van der Waals surface area (Å²) >= 11 is 0. The fourth-order valence-corrected chi connectivity index (χ4v) is 1.22. The van der Waals surface area contributed by atoms with Gasteiger partial charge in [-0.25, -0.2) is 0 Å². The molecule has 3 heteroatoms. The number of allylic oxidation sites excluding steroid dienone is 1. The van der Waals surface area contributed by atoms with Gasteiger partial charge >= 0.3 is 0 Å². The van der Waals surface area contributed by atoms with E-state index >= 15 is 0 Å². The van der Waals surface area contributed by atoms with Crippen molar-refractivity contribution in [1.29, 1.82) is 0 Å². The highest BCUT2D eigenvalue weighted by molar-refractivity contribution is 5.34. The van der Waals surface area contributed by atoms with E-state index in [1.54, 1.807) is 0 Å². The predicted molar refractivity (Wildman–Crippen MR) is 60.9 cm³/mol. The molecule has 0 spiro atoms. The summed E-state index contributed by atoms with van der Waals surface area (Å²) in [5.74, 6) is 0.782. The third-order valence-electron chi connectivity index (χ3n) is 2.04. The number of hydrogen-bond donors (Lipinski definition) is 2. The summed E-state index contributed by atoms with van der Waals surface area (Å²) < 4.78 is 5.46. The second-order valence-electron chi connectivity index (χ2n) is 3.30. The van der Waals surface area contributed by atoms with Gasteiger partial charge in [-0.05, 0) is 18.1 Å². The van der Waals surface area contributed by atoms with E-state index < -0.39 is 6.10 Å². The molecular formula is C12H17NO2. The highest BCUT2D eigenvalue weighted by Crippen LogP contribution is 2.18. The average Bonchev–Trinajstić information content (AvgIpc) is 2.28. The van der Waals surface area contributed by atoms with Gasteiger partial charge in [0.2, 0.25) is 0 Å². The van der Waals surface area contributed by atoms with Gasteiger partial charge in [0, 0.05) is 6.54 Å². The minimum absolute atomic E-state index is 0.212. The van der Waals surface area contributed by atoms with Crippen LogP contribution in [-0.2, 0) is 6.42 Å². The monoisotopic (exact) mass is 207 g/mol. The van der Waals surface area contributed by atoms with Crippen molar-refractivity contribution in [2.75, 3.05) is 13.2 Å². The van der Waals surface area contributed by atoms with Gasteiger partial charge in [-0.2, -0.15) is 0 Å².